The average molecular weight is 281 g/mol. The van der Waals surface area contributed by atoms with Crippen LogP contribution in [0.5, 0.6) is 0 Å². The molecule has 2 heterocycles. The van der Waals surface area contributed by atoms with Crippen molar-refractivity contribution in [2.75, 3.05) is 33.2 Å². The van der Waals surface area contributed by atoms with Crippen molar-refractivity contribution in [3.8, 4) is 0 Å². The minimum absolute atomic E-state index is 0.0369. The van der Waals surface area contributed by atoms with E-state index in [-0.39, 0.29) is 11.8 Å². The van der Waals surface area contributed by atoms with Gasteiger partial charge in [-0.2, -0.15) is 0 Å². The summed E-state index contributed by atoms with van der Waals surface area (Å²) < 4.78 is 0. The van der Waals surface area contributed by atoms with Crippen LogP contribution in [0.25, 0.3) is 0 Å². The molecule has 0 aliphatic carbocycles. The van der Waals surface area contributed by atoms with Gasteiger partial charge in [0, 0.05) is 43.5 Å². The summed E-state index contributed by atoms with van der Waals surface area (Å²) in [5, 5.41) is 8.22. The number of nitrogens with one attached hydrogen (secondary N) is 2. The highest BCUT2D eigenvalue weighted by atomic mass is 32.1. The van der Waals surface area contributed by atoms with Crippen molar-refractivity contribution < 1.29 is 4.79 Å². The lowest BCUT2D eigenvalue weighted by molar-refractivity contribution is -0.124. The van der Waals surface area contributed by atoms with Gasteiger partial charge in [-0.3, -0.25) is 9.69 Å². The maximum atomic E-state index is 11.8. The molecule has 1 amide bonds. The van der Waals surface area contributed by atoms with Crippen molar-refractivity contribution in [1.29, 1.82) is 0 Å². The third-order valence-electron chi connectivity index (χ3n) is 3.57. The molecule has 1 aromatic heterocycles. The molecule has 5 heteroatoms. The lowest BCUT2D eigenvalue weighted by Crippen LogP contribution is -2.40. The van der Waals surface area contributed by atoms with Crippen molar-refractivity contribution in [1.82, 2.24) is 15.5 Å². The molecule has 0 saturated heterocycles. The Labute approximate surface area is 119 Å². The van der Waals surface area contributed by atoms with Gasteiger partial charge in [-0.25, -0.2) is 0 Å². The van der Waals surface area contributed by atoms with E-state index in [9.17, 15) is 4.79 Å². The molecule has 2 N–H and O–H groups in total. The van der Waals surface area contributed by atoms with Crippen LogP contribution in [0.3, 0.4) is 0 Å². The average Bonchev–Trinajstić information content (AvgIpc) is 2.86. The van der Waals surface area contributed by atoms with Crippen LogP contribution < -0.4 is 10.6 Å². The first-order valence-corrected chi connectivity index (χ1v) is 7.78. The summed E-state index contributed by atoms with van der Waals surface area (Å²) in [6.07, 6.45) is 1.15. The van der Waals surface area contributed by atoms with Gasteiger partial charge in [-0.05, 0) is 30.5 Å². The smallest absolute Gasteiger partial charge is 0.224 e. The Morgan fingerprint density at radius 2 is 2.42 bits per heavy atom. The molecule has 0 aromatic carbocycles. The highest BCUT2D eigenvalue weighted by Gasteiger charge is 2.17. The fraction of sp³-hybridized carbons (Fsp3) is 0.643. The molecular formula is C14H23N3OS. The van der Waals surface area contributed by atoms with Crippen LogP contribution in [0, 0.1) is 5.92 Å². The van der Waals surface area contributed by atoms with Gasteiger partial charge in [0.25, 0.3) is 0 Å². The Bertz CT molecular complexity index is 419. The molecule has 0 spiro atoms. The molecular weight excluding hydrogens is 258 g/mol. The van der Waals surface area contributed by atoms with Gasteiger partial charge < -0.3 is 10.6 Å². The summed E-state index contributed by atoms with van der Waals surface area (Å²) in [5.74, 6) is 0.178. The van der Waals surface area contributed by atoms with Gasteiger partial charge in [-0.15, -0.1) is 11.3 Å². The number of amides is 1. The van der Waals surface area contributed by atoms with Gasteiger partial charge in [-0.1, -0.05) is 6.92 Å². The Kier molecular flexibility index (Phi) is 5.36. The number of carbonyl (C=O) groups excluding carboxylic acids is 1. The minimum atomic E-state index is 0.0369. The normalized spacial score (nSPS) is 16.9. The second-order valence-electron chi connectivity index (χ2n) is 5.14. The lowest BCUT2D eigenvalue weighted by Gasteiger charge is -2.27. The first-order valence-electron chi connectivity index (χ1n) is 6.90. The predicted octanol–water partition coefficient (Wildman–Crippen LogP) is 1.08. The fourth-order valence-corrected chi connectivity index (χ4v) is 3.30. The van der Waals surface area contributed by atoms with Crippen LogP contribution in [0.1, 0.15) is 17.4 Å². The molecule has 2 rings (SSSR count). The molecule has 1 aromatic rings. The van der Waals surface area contributed by atoms with E-state index in [2.05, 4.69) is 27.0 Å². The molecule has 106 valence electrons. The molecule has 1 aliphatic rings. The van der Waals surface area contributed by atoms with E-state index in [1.54, 1.807) is 0 Å². The highest BCUT2D eigenvalue weighted by Crippen LogP contribution is 2.23. The van der Waals surface area contributed by atoms with Crippen molar-refractivity contribution in [2.45, 2.75) is 19.9 Å². The third kappa shape index (κ3) is 4.03. The van der Waals surface area contributed by atoms with Crippen molar-refractivity contribution in [2.24, 2.45) is 5.92 Å². The van der Waals surface area contributed by atoms with Crippen LogP contribution in [-0.4, -0.2) is 44.0 Å². The van der Waals surface area contributed by atoms with E-state index in [1.165, 1.54) is 10.4 Å². The summed E-state index contributed by atoms with van der Waals surface area (Å²) in [5.41, 5.74) is 1.46. The van der Waals surface area contributed by atoms with Crippen molar-refractivity contribution in [3.63, 3.8) is 0 Å². The van der Waals surface area contributed by atoms with Gasteiger partial charge in [0.05, 0.1) is 0 Å². The standard InChI is InChI=1S/C14H23N3OS/c1-11(9-15-2)14(18)16-5-7-17-6-3-13-12(10-17)4-8-19-13/h4,8,11,15H,3,5-7,9-10H2,1-2H3,(H,16,18). The van der Waals surface area contributed by atoms with E-state index in [0.29, 0.717) is 0 Å². The highest BCUT2D eigenvalue weighted by molar-refractivity contribution is 7.10. The van der Waals surface area contributed by atoms with Crippen LogP contribution in [0.15, 0.2) is 11.4 Å². The summed E-state index contributed by atoms with van der Waals surface area (Å²) >= 11 is 1.86. The largest absolute Gasteiger partial charge is 0.355 e. The number of rotatable bonds is 6. The molecule has 0 radical (unpaired) electrons. The molecule has 1 aliphatic heterocycles. The van der Waals surface area contributed by atoms with Crippen LogP contribution in [-0.2, 0) is 17.8 Å². The quantitative estimate of drug-likeness (QED) is 0.820. The van der Waals surface area contributed by atoms with E-state index in [1.807, 2.05) is 25.3 Å². The molecule has 19 heavy (non-hydrogen) atoms. The van der Waals surface area contributed by atoms with E-state index in [0.717, 1.165) is 39.1 Å². The van der Waals surface area contributed by atoms with Gasteiger partial charge >= 0.3 is 0 Å². The van der Waals surface area contributed by atoms with Gasteiger partial charge in [0.15, 0.2) is 0 Å². The fourth-order valence-electron chi connectivity index (χ4n) is 2.41. The first kappa shape index (κ1) is 14.5. The zero-order valence-electron chi connectivity index (χ0n) is 11.7. The summed E-state index contributed by atoms with van der Waals surface area (Å²) in [4.78, 5) is 15.7. The van der Waals surface area contributed by atoms with Crippen molar-refractivity contribution >= 4 is 17.2 Å². The second-order valence-corrected chi connectivity index (χ2v) is 6.15. The number of thiophene rings is 1. The summed E-state index contributed by atoms with van der Waals surface area (Å²) in [6.45, 7) is 6.49. The first-order chi connectivity index (χ1) is 9.20. The minimum Gasteiger partial charge on any atom is -0.355 e. The SMILES string of the molecule is CNCC(C)C(=O)NCCN1CCc2sccc2C1. The van der Waals surface area contributed by atoms with Crippen LogP contribution >= 0.6 is 11.3 Å². The van der Waals surface area contributed by atoms with E-state index < -0.39 is 0 Å². The molecule has 0 bridgehead atoms. The topological polar surface area (TPSA) is 44.4 Å². The number of carbonyl (C=O) groups is 1. The number of hydrogen-bond donors (Lipinski definition) is 2. The Morgan fingerprint density at radius 3 is 3.21 bits per heavy atom. The van der Waals surface area contributed by atoms with E-state index in [4.69, 9.17) is 0 Å². The second kappa shape index (κ2) is 7.03. The monoisotopic (exact) mass is 281 g/mol. The molecule has 1 unspecified atom stereocenters. The van der Waals surface area contributed by atoms with Crippen LogP contribution in [0.4, 0.5) is 0 Å². The molecule has 4 nitrogen and oxygen atoms in total. The van der Waals surface area contributed by atoms with Gasteiger partial charge in [0.1, 0.15) is 0 Å². The van der Waals surface area contributed by atoms with Crippen molar-refractivity contribution in [3.05, 3.63) is 21.9 Å². The Balaban J connectivity index is 1.68. The molecule has 0 fully saturated rings. The lowest BCUT2D eigenvalue weighted by atomic mass is 10.1. The zero-order valence-corrected chi connectivity index (χ0v) is 12.6. The predicted molar refractivity (Wildman–Crippen MR) is 79.4 cm³/mol. The molecule has 0 saturated carbocycles. The van der Waals surface area contributed by atoms with E-state index >= 15 is 0 Å². The maximum Gasteiger partial charge on any atom is 0.224 e. The zero-order chi connectivity index (χ0) is 13.7. The third-order valence-corrected chi connectivity index (χ3v) is 4.59. The number of fused-ring (bicyclic) bond motifs is 1. The number of hydrogen-bond acceptors (Lipinski definition) is 4. The Hall–Kier alpha value is -0.910. The maximum absolute atomic E-state index is 11.8. The Morgan fingerprint density at radius 1 is 1.58 bits per heavy atom. The summed E-state index contributed by atoms with van der Waals surface area (Å²) in [7, 11) is 1.87. The van der Waals surface area contributed by atoms with Gasteiger partial charge in [0.2, 0.25) is 5.91 Å². The number of nitrogens with zero attached hydrogens (tertiary/aromatic N) is 1. The molecule has 1 atom stereocenters. The van der Waals surface area contributed by atoms with Crippen LogP contribution in [0.2, 0.25) is 0 Å². The summed E-state index contributed by atoms with van der Waals surface area (Å²) in [6, 6.07) is 2.22.